The van der Waals surface area contributed by atoms with Crippen molar-refractivity contribution in [1.29, 1.82) is 0 Å². The van der Waals surface area contributed by atoms with Crippen molar-refractivity contribution < 1.29 is 4.42 Å². The average molecular weight is 343 g/mol. The molecule has 2 N–H and O–H groups in total. The number of thiophene rings is 1. The van der Waals surface area contributed by atoms with Crippen LogP contribution in [0.4, 0.5) is 0 Å². The van der Waals surface area contributed by atoms with E-state index in [1.54, 1.807) is 11.3 Å². The van der Waals surface area contributed by atoms with Gasteiger partial charge in [0.25, 0.3) is 0 Å². The zero-order chi connectivity index (χ0) is 13.8. The maximum Gasteiger partial charge on any atom is 0.169 e. The van der Waals surface area contributed by atoms with Gasteiger partial charge in [-0.3, -0.25) is 4.90 Å². The topological polar surface area (TPSA) is 42.4 Å². The molecule has 2 heterocycles. The molecule has 0 amide bonds. The second kappa shape index (κ2) is 6.70. The molecule has 0 aliphatic rings. The number of likely N-dealkylation sites (N-methyl/N-ethyl adjacent to an activating group) is 1. The van der Waals surface area contributed by atoms with Crippen molar-refractivity contribution in [3.05, 3.63) is 45.0 Å². The summed E-state index contributed by atoms with van der Waals surface area (Å²) in [7, 11) is 2.10. The van der Waals surface area contributed by atoms with Gasteiger partial charge in [0, 0.05) is 17.5 Å². The molecule has 0 bridgehead atoms. The van der Waals surface area contributed by atoms with Crippen molar-refractivity contribution in [2.75, 3.05) is 13.6 Å². The van der Waals surface area contributed by atoms with Crippen LogP contribution in [0.1, 0.15) is 23.6 Å². The molecular weight excluding hydrogens is 324 g/mol. The van der Waals surface area contributed by atoms with Gasteiger partial charge in [-0.1, -0.05) is 6.07 Å². The second-order valence-electron chi connectivity index (χ2n) is 4.69. The highest BCUT2D eigenvalue weighted by molar-refractivity contribution is 9.10. The summed E-state index contributed by atoms with van der Waals surface area (Å²) in [6, 6.07) is 8.69. The van der Waals surface area contributed by atoms with Crippen LogP contribution in [0.25, 0.3) is 0 Å². The third-order valence-electron chi connectivity index (χ3n) is 3.41. The van der Waals surface area contributed by atoms with E-state index in [2.05, 4.69) is 52.3 Å². The summed E-state index contributed by atoms with van der Waals surface area (Å²) in [6.45, 7) is 2.77. The van der Waals surface area contributed by atoms with E-state index in [0.29, 0.717) is 12.6 Å². The van der Waals surface area contributed by atoms with Crippen LogP contribution in [0, 0.1) is 0 Å². The Bertz CT molecular complexity index is 497. The Hall–Kier alpha value is -0.620. The van der Waals surface area contributed by atoms with Gasteiger partial charge in [-0.2, -0.15) is 0 Å². The van der Waals surface area contributed by atoms with Crippen LogP contribution in [0.5, 0.6) is 0 Å². The van der Waals surface area contributed by atoms with E-state index in [9.17, 15) is 0 Å². The minimum absolute atomic E-state index is 0.112. The van der Waals surface area contributed by atoms with E-state index in [-0.39, 0.29) is 6.04 Å². The molecule has 0 aliphatic heterocycles. The lowest BCUT2D eigenvalue weighted by Gasteiger charge is -2.31. The second-order valence-corrected chi connectivity index (χ2v) is 6.51. The smallest absolute Gasteiger partial charge is 0.169 e. The molecule has 2 aromatic rings. The fraction of sp³-hybridized carbons (Fsp3) is 0.429. The van der Waals surface area contributed by atoms with Gasteiger partial charge in [0.1, 0.15) is 5.76 Å². The SMILES string of the molecule is CC(Cc1cccs1)N(C)C(CN)c1ccc(Br)o1. The highest BCUT2D eigenvalue weighted by Crippen LogP contribution is 2.26. The molecule has 19 heavy (non-hydrogen) atoms. The van der Waals surface area contributed by atoms with Crippen LogP contribution in [0.2, 0.25) is 0 Å². The third kappa shape index (κ3) is 3.69. The molecule has 3 nitrogen and oxygen atoms in total. The molecule has 0 aromatic carbocycles. The number of halogens is 1. The highest BCUT2D eigenvalue weighted by Gasteiger charge is 2.23. The fourth-order valence-electron chi connectivity index (χ4n) is 2.16. The molecule has 0 spiro atoms. The summed E-state index contributed by atoms with van der Waals surface area (Å²) in [5.74, 6) is 0.912. The Labute approximate surface area is 126 Å². The first kappa shape index (κ1) is 14.8. The average Bonchev–Trinajstić information content (AvgIpc) is 3.02. The first-order valence-corrected chi connectivity index (χ1v) is 7.98. The Morgan fingerprint density at radius 2 is 2.21 bits per heavy atom. The minimum atomic E-state index is 0.112. The minimum Gasteiger partial charge on any atom is -0.453 e. The zero-order valence-electron chi connectivity index (χ0n) is 11.2. The van der Waals surface area contributed by atoms with Crippen LogP contribution in [-0.4, -0.2) is 24.5 Å². The fourth-order valence-corrected chi connectivity index (χ4v) is 3.31. The number of nitrogens with two attached hydrogens (primary N) is 1. The summed E-state index contributed by atoms with van der Waals surface area (Å²) in [6.07, 6.45) is 1.03. The van der Waals surface area contributed by atoms with Gasteiger partial charge in [-0.05, 0) is 59.9 Å². The molecule has 2 aromatic heterocycles. The number of hydrogen-bond donors (Lipinski definition) is 1. The van der Waals surface area contributed by atoms with Crippen molar-refractivity contribution in [3.8, 4) is 0 Å². The maximum atomic E-state index is 5.91. The summed E-state index contributed by atoms with van der Waals surface area (Å²) in [4.78, 5) is 3.68. The molecule has 0 saturated heterocycles. The molecule has 104 valence electrons. The lowest BCUT2D eigenvalue weighted by atomic mass is 10.1. The van der Waals surface area contributed by atoms with Crippen molar-refractivity contribution >= 4 is 27.3 Å². The quantitative estimate of drug-likeness (QED) is 0.870. The molecule has 2 rings (SSSR count). The number of nitrogens with zero attached hydrogens (tertiary/aromatic N) is 1. The third-order valence-corrected chi connectivity index (χ3v) is 4.73. The monoisotopic (exact) mass is 342 g/mol. The lowest BCUT2D eigenvalue weighted by Crippen LogP contribution is -2.37. The van der Waals surface area contributed by atoms with Crippen molar-refractivity contribution in [2.45, 2.75) is 25.4 Å². The highest BCUT2D eigenvalue weighted by atomic mass is 79.9. The van der Waals surface area contributed by atoms with Gasteiger partial charge in [-0.25, -0.2) is 0 Å². The van der Waals surface area contributed by atoms with Gasteiger partial charge >= 0.3 is 0 Å². The largest absolute Gasteiger partial charge is 0.453 e. The molecule has 0 radical (unpaired) electrons. The van der Waals surface area contributed by atoms with Crippen molar-refractivity contribution in [2.24, 2.45) is 5.73 Å². The van der Waals surface area contributed by atoms with E-state index < -0.39 is 0 Å². The van der Waals surface area contributed by atoms with Gasteiger partial charge in [-0.15, -0.1) is 11.3 Å². The molecular formula is C14H19BrN2OS. The Balaban J connectivity index is 2.05. The number of hydrogen-bond acceptors (Lipinski definition) is 4. The van der Waals surface area contributed by atoms with Gasteiger partial charge in [0.15, 0.2) is 4.67 Å². The predicted octanol–water partition coefficient (Wildman–Crippen LogP) is 3.67. The Morgan fingerprint density at radius 3 is 2.74 bits per heavy atom. The molecule has 0 saturated carbocycles. The molecule has 2 unspecified atom stereocenters. The van der Waals surface area contributed by atoms with Crippen LogP contribution >= 0.6 is 27.3 Å². The van der Waals surface area contributed by atoms with E-state index >= 15 is 0 Å². The summed E-state index contributed by atoms with van der Waals surface area (Å²) < 4.78 is 6.39. The van der Waals surface area contributed by atoms with Crippen LogP contribution < -0.4 is 5.73 Å². The summed E-state index contributed by atoms with van der Waals surface area (Å²) in [5, 5.41) is 2.12. The van der Waals surface area contributed by atoms with Gasteiger partial charge in [0.2, 0.25) is 0 Å². The number of rotatable bonds is 6. The van der Waals surface area contributed by atoms with Crippen LogP contribution in [-0.2, 0) is 6.42 Å². The van der Waals surface area contributed by atoms with Gasteiger partial charge < -0.3 is 10.2 Å². The first-order valence-electron chi connectivity index (χ1n) is 6.31. The maximum absolute atomic E-state index is 5.91. The van der Waals surface area contributed by atoms with E-state index in [4.69, 9.17) is 10.2 Å². The van der Waals surface area contributed by atoms with Crippen LogP contribution in [0.15, 0.2) is 38.7 Å². The van der Waals surface area contributed by atoms with E-state index in [1.165, 1.54) is 4.88 Å². The van der Waals surface area contributed by atoms with Crippen molar-refractivity contribution in [3.63, 3.8) is 0 Å². The number of furan rings is 1. The van der Waals surface area contributed by atoms with Crippen molar-refractivity contribution in [1.82, 2.24) is 4.90 Å². The molecule has 2 atom stereocenters. The normalized spacial score (nSPS) is 14.8. The van der Waals surface area contributed by atoms with Crippen LogP contribution in [0.3, 0.4) is 0 Å². The summed E-state index contributed by atoms with van der Waals surface area (Å²) >= 11 is 5.14. The zero-order valence-corrected chi connectivity index (χ0v) is 13.6. The Morgan fingerprint density at radius 1 is 1.42 bits per heavy atom. The summed E-state index contributed by atoms with van der Waals surface area (Å²) in [5.41, 5.74) is 5.91. The molecule has 0 fully saturated rings. The van der Waals surface area contributed by atoms with E-state index in [0.717, 1.165) is 16.9 Å². The predicted molar refractivity (Wildman–Crippen MR) is 83.5 cm³/mol. The van der Waals surface area contributed by atoms with E-state index in [1.807, 2.05) is 12.1 Å². The standard InChI is InChI=1S/C14H19BrN2OS/c1-10(8-11-4-3-7-19-11)17(2)12(9-16)13-5-6-14(15)18-13/h3-7,10,12H,8-9,16H2,1-2H3. The lowest BCUT2D eigenvalue weighted by molar-refractivity contribution is 0.167. The van der Waals surface area contributed by atoms with Gasteiger partial charge in [0.05, 0.1) is 6.04 Å². The first-order chi connectivity index (χ1) is 9.11. The molecule has 0 aliphatic carbocycles. The molecule has 5 heteroatoms. The Kier molecular flexibility index (Phi) is 5.21.